The average Bonchev–Trinajstić information content (AvgIpc) is 2.78. The van der Waals surface area contributed by atoms with Crippen molar-refractivity contribution in [2.45, 2.75) is 66.1 Å². The van der Waals surface area contributed by atoms with Gasteiger partial charge in [0.1, 0.15) is 0 Å². The van der Waals surface area contributed by atoms with Crippen molar-refractivity contribution in [3.63, 3.8) is 0 Å². The molecule has 0 aliphatic carbocycles. The van der Waals surface area contributed by atoms with Crippen molar-refractivity contribution in [1.82, 2.24) is 0 Å². The Morgan fingerprint density at radius 3 is 1.33 bits per heavy atom. The van der Waals surface area contributed by atoms with Crippen LogP contribution >= 0.6 is 14.7 Å². The highest BCUT2D eigenvalue weighted by Crippen LogP contribution is 2.73. The molecule has 0 heterocycles. The minimum Gasteiger partial charge on any atom is -0.365 e. The van der Waals surface area contributed by atoms with Crippen LogP contribution in [0.5, 0.6) is 0 Å². The smallest absolute Gasteiger partial charge is 0.289 e. The van der Waals surface area contributed by atoms with Gasteiger partial charge in [-0.15, -0.1) is 0 Å². The molecule has 2 atom stereocenters. The molecule has 1 N–H and O–H groups in total. The SMILES string of the molecule is CCOC(OCC)P(=O)(OCC)C(Nc1ccc(C)cc1)P(=O)(OCC)C(OCC)OCC. The van der Waals surface area contributed by atoms with Gasteiger partial charge in [-0.3, -0.25) is 9.13 Å². The molecule has 0 spiro atoms. The molecule has 0 saturated heterocycles. The standard InChI is InChI=1S/C22H41NO8P2/c1-8-26-21(27-9-2)32(24,30-12-5)20(23-19-16-14-18(7)15-17-19)33(25,31-13-6)22(28-10-3)29-11-4/h14-17,20-23H,8-13H2,1-7H3. The Kier molecular flexibility index (Phi) is 14.0. The van der Waals surface area contributed by atoms with Gasteiger partial charge in [-0.2, -0.15) is 0 Å². The zero-order valence-corrected chi connectivity index (χ0v) is 22.7. The molecule has 0 fully saturated rings. The van der Waals surface area contributed by atoms with Gasteiger partial charge in [0, 0.05) is 32.1 Å². The molecule has 2 unspecified atom stereocenters. The molecule has 0 saturated carbocycles. The molecule has 0 amide bonds. The predicted molar refractivity (Wildman–Crippen MR) is 131 cm³/mol. The number of nitrogens with one attached hydrogen (secondary N) is 1. The van der Waals surface area contributed by atoms with Crippen molar-refractivity contribution in [3.05, 3.63) is 29.8 Å². The molecule has 1 aromatic carbocycles. The van der Waals surface area contributed by atoms with Crippen LogP contribution in [0, 0.1) is 6.92 Å². The normalized spacial score (nSPS) is 16.5. The summed E-state index contributed by atoms with van der Waals surface area (Å²) in [6, 6.07) is 4.88. The monoisotopic (exact) mass is 509 g/mol. The van der Waals surface area contributed by atoms with Gasteiger partial charge in [-0.1, -0.05) is 17.7 Å². The maximum atomic E-state index is 14.6. The van der Waals surface area contributed by atoms with Crippen molar-refractivity contribution >= 4 is 20.4 Å². The van der Waals surface area contributed by atoms with Crippen LogP contribution in [0.3, 0.4) is 0 Å². The Hall–Kier alpha value is -0.760. The zero-order chi connectivity index (χ0) is 24.9. The topological polar surface area (TPSA) is 102 Å². The largest absolute Gasteiger partial charge is 0.365 e. The molecule has 11 heteroatoms. The molecule has 192 valence electrons. The van der Waals surface area contributed by atoms with Gasteiger partial charge < -0.3 is 33.3 Å². The number of anilines is 1. The lowest BCUT2D eigenvalue weighted by atomic mass is 10.2. The highest BCUT2D eigenvalue weighted by atomic mass is 31.2. The Morgan fingerprint density at radius 2 is 1.03 bits per heavy atom. The fourth-order valence-corrected chi connectivity index (χ4v) is 9.91. The first-order chi connectivity index (χ1) is 15.8. The third-order valence-electron chi connectivity index (χ3n) is 4.52. The summed E-state index contributed by atoms with van der Waals surface area (Å²) in [5.74, 6) is 0. The fourth-order valence-electron chi connectivity index (χ4n) is 3.18. The molecule has 0 aliphatic heterocycles. The predicted octanol–water partition coefficient (Wildman–Crippen LogP) is 6.03. The molecule has 33 heavy (non-hydrogen) atoms. The van der Waals surface area contributed by atoms with Crippen molar-refractivity contribution in [1.29, 1.82) is 0 Å². The van der Waals surface area contributed by atoms with Crippen LogP contribution in [-0.2, 0) is 37.1 Å². The lowest BCUT2D eigenvalue weighted by Crippen LogP contribution is -2.36. The summed E-state index contributed by atoms with van der Waals surface area (Å²) >= 11 is 0. The summed E-state index contributed by atoms with van der Waals surface area (Å²) in [5.41, 5.74) is 0.281. The van der Waals surface area contributed by atoms with Crippen molar-refractivity contribution in [3.8, 4) is 0 Å². The van der Waals surface area contributed by atoms with Crippen molar-refractivity contribution < 1.29 is 37.1 Å². The van der Waals surface area contributed by atoms with Crippen LogP contribution in [0.4, 0.5) is 5.69 Å². The second kappa shape index (κ2) is 15.3. The first kappa shape index (κ1) is 30.3. The highest BCUT2D eigenvalue weighted by molar-refractivity contribution is 7.77. The number of benzene rings is 1. The summed E-state index contributed by atoms with van der Waals surface area (Å²) in [4.78, 5) is 0. The average molecular weight is 510 g/mol. The zero-order valence-electron chi connectivity index (χ0n) is 20.9. The van der Waals surface area contributed by atoms with Gasteiger partial charge >= 0.3 is 0 Å². The number of ether oxygens (including phenoxy) is 4. The minimum atomic E-state index is -4.01. The van der Waals surface area contributed by atoms with Gasteiger partial charge in [0.25, 0.3) is 14.7 Å². The van der Waals surface area contributed by atoms with Gasteiger partial charge in [-0.05, 0) is 60.6 Å². The van der Waals surface area contributed by atoms with Crippen LogP contribution in [-0.4, -0.2) is 57.2 Å². The lowest BCUT2D eigenvalue weighted by molar-refractivity contribution is -0.0925. The maximum Gasteiger partial charge on any atom is 0.289 e. The second-order valence-corrected chi connectivity index (χ2v) is 12.3. The van der Waals surface area contributed by atoms with E-state index in [2.05, 4.69) is 5.32 Å². The summed E-state index contributed by atoms with van der Waals surface area (Å²) in [7, 11) is -8.01. The summed E-state index contributed by atoms with van der Waals surface area (Å²) in [5, 5.41) is 3.16. The quantitative estimate of drug-likeness (QED) is 0.188. The maximum absolute atomic E-state index is 14.6. The third-order valence-corrected chi connectivity index (χ3v) is 11.2. The number of hydrogen-bond donors (Lipinski definition) is 1. The van der Waals surface area contributed by atoms with Crippen molar-refractivity contribution in [2.24, 2.45) is 0 Å². The molecular weight excluding hydrogens is 468 g/mol. The molecule has 0 aromatic heterocycles. The van der Waals surface area contributed by atoms with E-state index < -0.39 is 32.3 Å². The van der Waals surface area contributed by atoms with Crippen LogP contribution in [0.15, 0.2) is 24.3 Å². The van der Waals surface area contributed by atoms with Gasteiger partial charge in [0.2, 0.25) is 12.1 Å². The van der Waals surface area contributed by atoms with Gasteiger partial charge in [0.15, 0.2) is 5.52 Å². The first-order valence-corrected chi connectivity index (χ1v) is 15.1. The van der Waals surface area contributed by atoms with Crippen molar-refractivity contribution in [2.75, 3.05) is 45.0 Å². The number of aryl methyl sites for hydroxylation is 1. The van der Waals surface area contributed by atoms with E-state index in [9.17, 15) is 9.13 Å². The van der Waals surface area contributed by atoms with Gasteiger partial charge in [-0.25, -0.2) is 0 Å². The third kappa shape index (κ3) is 8.15. The van der Waals surface area contributed by atoms with E-state index in [0.717, 1.165) is 5.56 Å². The van der Waals surface area contributed by atoms with E-state index in [4.69, 9.17) is 28.0 Å². The summed E-state index contributed by atoms with van der Waals surface area (Å²) in [6.07, 6.45) is 0. The molecule has 0 bridgehead atoms. The molecule has 9 nitrogen and oxygen atoms in total. The van der Waals surface area contributed by atoms with Crippen LogP contribution in [0.2, 0.25) is 0 Å². The Labute approximate surface area is 198 Å². The summed E-state index contributed by atoms with van der Waals surface area (Å²) in [6.45, 7) is 13.5. The van der Waals surface area contributed by atoms with E-state index in [1.807, 2.05) is 31.2 Å². The van der Waals surface area contributed by atoms with Crippen LogP contribution < -0.4 is 5.32 Å². The summed E-state index contributed by atoms with van der Waals surface area (Å²) < 4.78 is 63.7. The number of rotatable bonds is 18. The lowest BCUT2D eigenvalue weighted by Gasteiger charge is -2.39. The minimum absolute atomic E-state index is 0.0834. The Balaban J connectivity index is 3.76. The molecular formula is C22H41NO8P2. The molecule has 1 aromatic rings. The van der Waals surface area contributed by atoms with E-state index >= 15 is 0 Å². The van der Waals surface area contributed by atoms with E-state index in [-0.39, 0.29) is 39.6 Å². The Bertz CT molecular complexity index is 709. The first-order valence-electron chi connectivity index (χ1n) is 11.5. The van der Waals surface area contributed by atoms with E-state index in [1.165, 1.54) is 0 Å². The fraction of sp³-hybridized carbons (Fsp3) is 0.727. The highest BCUT2D eigenvalue weighted by Gasteiger charge is 2.58. The van der Waals surface area contributed by atoms with Crippen LogP contribution in [0.25, 0.3) is 0 Å². The van der Waals surface area contributed by atoms with Gasteiger partial charge in [0.05, 0.1) is 13.2 Å². The molecule has 0 aliphatic rings. The second-order valence-electron chi connectivity index (χ2n) is 6.95. The number of hydrogen-bond acceptors (Lipinski definition) is 9. The Morgan fingerprint density at radius 1 is 0.667 bits per heavy atom. The molecule has 1 rings (SSSR count). The van der Waals surface area contributed by atoms with Crippen LogP contribution in [0.1, 0.15) is 47.1 Å². The molecule has 0 radical (unpaired) electrons. The van der Waals surface area contributed by atoms with E-state index in [1.54, 1.807) is 41.5 Å². The van der Waals surface area contributed by atoms with E-state index in [0.29, 0.717) is 5.69 Å².